The molecule has 1 heterocycles. The molecular weight excluding hydrogens is 607 g/mol. The zero-order valence-corrected chi connectivity index (χ0v) is 27.3. The molecule has 0 unspecified atom stereocenters. The van der Waals surface area contributed by atoms with Crippen molar-refractivity contribution in [1.29, 1.82) is 0 Å². The van der Waals surface area contributed by atoms with E-state index in [1.807, 2.05) is 12.1 Å². The summed E-state index contributed by atoms with van der Waals surface area (Å²) < 4.78 is 6.57. The molecule has 0 saturated heterocycles. The number of rotatable bonds is 5. The lowest BCUT2D eigenvalue weighted by molar-refractivity contribution is 0.669. The monoisotopic (exact) mass is 637 g/mol. The van der Waals surface area contributed by atoms with E-state index in [1.54, 1.807) is 0 Å². The molecule has 0 radical (unpaired) electrons. The molecule has 2 heteroatoms. The third-order valence-corrected chi connectivity index (χ3v) is 10.1. The van der Waals surface area contributed by atoms with Gasteiger partial charge >= 0.3 is 0 Å². The molecule has 0 spiro atoms. The minimum atomic E-state index is 0.873. The summed E-state index contributed by atoms with van der Waals surface area (Å²) in [5.41, 5.74) is 9.68. The first kappa shape index (κ1) is 28.4. The van der Waals surface area contributed by atoms with Crippen LogP contribution in [0, 0.1) is 0 Å². The quantitative estimate of drug-likeness (QED) is 0.175. The maximum absolute atomic E-state index is 6.57. The van der Waals surface area contributed by atoms with Gasteiger partial charge in [0.05, 0.1) is 5.69 Å². The van der Waals surface area contributed by atoms with Crippen LogP contribution in [-0.2, 0) is 0 Å². The predicted molar refractivity (Wildman–Crippen MR) is 212 cm³/mol. The molecule has 0 N–H and O–H groups in total. The molecular formula is C48H31NO. The van der Waals surface area contributed by atoms with Gasteiger partial charge in [0, 0.05) is 22.1 Å². The minimum Gasteiger partial charge on any atom is -0.454 e. The van der Waals surface area contributed by atoms with Crippen molar-refractivity contribution in [3.05, 3.63) is 188 Å². The zero-order chi connectivity index (χ0) is 33.0. The van der Waals surface area contributed by atoms with Crippen LogP contribution in [0.15, 0.2) is 192 Å². The second kappa shape index (κ2) is 11.5. The van der Waals surface area contributed by atoms with Crippen molar-refractivity contribution in [2.24, 2.45) is 0 Å². The average molecular weight is 638 g/mol. The Morgan fingerprint density at radius 3 is 1.76 bits per heavy atom. The van der Waals surface area contributed by atoms with Gasteiger partial charge in [-0.25, -0.2) is 0 Å². The summed E-state index contributed by atoms with van der Waals surface area (Å²) in [5, 5.41) is 9.88. The molecule has 9 aromatic carbocycles. The van der Waals surface area contributed by atoms with E-state index in [0.717, 1.165) is 39.0 Å². The van der Waals surface area contributed by atoms with E-state index in [0.29, 0.717) is 0 Å². The molecule has 0 aliphatic carbocycles. The largest absolute Gasteiger partial charge is 0.454 e. The SMILES string of the molecule is c1ccc(-c2ccc(N(c3ccc(-c4cccc5c4ccc4ccc6ccccc6c45)cc3)c3cccc4c3oc3ccccc34)cc2)cc1. The molecule has 1 aromatic heterocycles. The van der Waals surface area contributed by atoms with E-state index in [4.69, 9.17) is 4.42 Å². The summed E-state index contributed by atoms with van der Waals surface area (Å²) >= 11 is 0. The van der Waals surface area contributed by atoms with E-state index in [1.165, 1.54) is 54.6 Å². The van der Waals surface area contributed by atoms with Gasteiger partial charge in [0.2, 0.25) is 0 Å². The predicted octanol–water partition coefficient (Wildman–Crippen LogP) is 13.8. The fraction of sp³-hybridized carbons (Fsp3) is 0. The van der Waals surface area contributed by atoms with Crippen molar-refractivity contribution in [2.75, 3.05) is 4.90 Å². The molecule has 10 aromatic rings. The van der Waals surface area contributed by atoms with Crippen molar-refractivity contribution in [3.8, 4) is 22.3 Å². The van der Waals surface area contributed by atoms with Crippen LogP contribution < -0.4 is 4.90 Å². The van der Waals surface area contributed by atoms with E-state index < -0.39 is 0 Å². The molecule has 0 fully saturated rings. The van der Waals surface area contributed by atoms with Crippen LogP contribution in [0.5, 0.6) is 0 Å². The van der Waals surface area contributed by atoms with E-state index >= 15 is 0 Å². The van der Waals surface area contributed by atoms with Crippen molar-refractivity contribution in [3.63, 3.8) is 0 Å². The fourth-order valence-corrected chi connectivity index (χ4v) is 7.67. The second-order valence-corrected chi connectivity index (χ2v) is 12.9. The third-order valence-electron chi connectivity index (χ3n) is 10.1. The first-order valence-electron chi connectivity index (χ1n) is 17.1. The Kier molecular flexibility index (Phi) is 6.53. The van der Waals surface area contributed by atoms with E-state index in [2.05, 4.69) is 181 Å². The molecule has 0 aliphatic heterocycles. The maximum atomic E-state index is 6.57. The number of furan rings is 1. The maximum Gasteiger partial charge on any atom is 0.159 e. The van der Waals surface area contributed by atoms with Gasteiger partial charge in [0.25, 0.3) is 0 Å². The Morgan fingerprint density at radius 1 is 0.340 bits per heavy atom. The standard InChI is InChI=1S/C48H31NO/c1-2-10-32(11-3-1)33-22-27-37(28-23-33)49(45-18-9-17-44-42-14-6-7-19-46(42)50-48(44)45)38-29-24-35(25-30-38)39-15-8-16-43-41(39)31-26-36-21-20-34-12-4-5-13-40(34)47(36)43/h1-31H. The molecule has 0 bridgehead atoms. The number of anilines is 3. The van der Waals surface area contributed by atoms with Crippen LogP contribution in [0.4, 0.5) is 17.1 Å². The first-order valence-corrected chi connectivity index (χ1v) is 17.1. The number of hydrogen-bond donors (Lipinski definition) is 0. The number of para-hydroxylation sites is 2. The van der Waals surface area contributed by atoms with Gasteiger partial charge in [-0.05, 0) is 91.0 Å². The Labute approximate surface area is 290 Å². The fourth-order valence-electron chi connectivity index (χ4n) is 7.67. The van der Waals surface area contributed by atoms with Crippen molar-refractivity contribution < 1.29 is 4.42 Å². The van der Waals surface area contributed by atoms with E-state index in [-0.39, 0.29) is 0 Å². The molecule has 50 heavy (non-hydrogen) atoms. The van der Waals surface area contributed by atoms with Gasteiger partial charge in [-0.15, -0.1) is 0 Å². The summed E-state index contributed by atoms with van der Waals surface area (Å²) in [4.78, 5) is 2.31. The second-order valence-electron chi connectivity index (χ2n) is 12.9. The molecule has 0 aliphatic rings. The van der Waals surface area contributed by atoms with Crippen LogP contribution >= 0.6 is 0 Å². The molecule has 10 rings (SSSR count). The highest BCUT2D eigenvalue weighted by Crippen LogP contribution is 2.43. The molecule has 2 nitrogen and oxygen atoms in total. The van der Waals surface area contributed by atoms with Crippen LogP contribution in [-0.4, -0.2) is 0 Å². The van der Waals surface area contributed by atoms with Crippen molar-refractivity contribution >= 4 is 71.3 Å². The molecule has 0 saturated carbocycles. The summed E-state index contributed by atoms with van der Waals surface area (Å²) in [5.74, 6) is 0. The number of hydrogen-bond acceptors (Lipinski definition) is 2. The summed E-state index contributed by atoms with van der Waals surface area (Å²) in [6.07, 6.45) is 0. The number of nitrogens with zero attached hydrogens (tertiary/aromatic N) is 1. The average Bonchev–Trinajstić information content (AvgIpc) is 3.58. The molecule has 0 atom stereocenters. The van der Waals surface area contributed by atoms with E-state index in [9.17, 15) is 0 Å². The lowest BCUT2D eigenvalue weighted by Gasteiger charge is -2.26. The summed E-state index contributed by atoms with van der Waals surface area (Å²) in [6.45, 7) is 0. The zero-order valence-electron chi connectivity index (χ0n) is 27.3. The van der Waals surface area contributed by atoms with Gasteiger partial charge in [-0.3, -0.25) is 0 Å². The van der Waals surface area contributed by atoms with Gasteiger partial charge in [-0.2, -0.15) is 0 Å². The summed E-state index contributed by atoms with van der Waals surface area (Å²) in [6, 6.07) is 67.4. The minimum absolute atomic E-state index is 0.873. The third kappa shape index (κ3) is 4.57. The number of benzene rings is 9. The molecule has 0 amide bonds. The molecule has 234 valence electrons. The lowest BCUT2D eigenvalue weighted by Crippen LogP contribution is -2.10. The topological polar surface area (TPSA) is 16.4 Å². The summed E-state index contributed by atoms with van der Waals surface area (Å²) in [7, 11) is 0. The van der Waals surface area contributed by atoms with Gasteiger partial charge in [0.1, 0.15) is 5.58 Å². The number of fused-ring (bicyclic) bond motifs is 8. The highest BCUT2D eigenvalue weighted by Gasteiger charge is 2.20. The lowest BCUT2D eigenvalue weighted by atomic mass is 9.92. The van der Waals surface area contributed by atoms with Gasteiger partial charge in [0.15, 0.2) is 5.58 Å². The highest BCUT2D eigenvalue weighted by molar-refractivity contribution is 6.22. The van der Waals surface area contributed by atoms with Crippen molar-refractivity contribution in [1.82, 2.24) is 0 Å². The Bertz CT molecular complexity index is 2850. The van der Waals surface area contributed by atoms with Crippen LogP contribution in [0.1, 0.15) is 0 Å². The van der Waals surface area contributed by atoms with Gasteiger partial charge in [-0.1, -0.05) is 152 Å². The van der Waals surface area contributed by atoms with Gasteiger partial charge < -0.3 is 9.32 Å². The normalized spacial score (nSPS) is 11.6. The van der Waals surface area contributed by atoms with Crippen molar-refractivity contribution in [2.45, 2.75) is 0 Å². The Hall–Kier alpha value is -6.64. The van der Waals surface area contributed by atoms with Crippen LogP contribution in [0.25, 0.3) is 76.5 Å². The smallest absolute Gasteiger partial charge is 0.159 e. The van der Waals surface area contributed by atoms with Crippen LogP contribution in [0.3, 0.4) is 0 Å². The van der Waals surface area contributed by atoms with Crippen LogP contribution in [0.2, 0.25) is 0 Å². The highest BCUT2D eigenvalue weighted by atomic mass is 16.3. The Morgan fingerprint density at radius 2 is 0.940 bits per heavy atom. The first-order chi connectivity index (χ1) is 24.8. The Balaban J connectivity index is 1.12.